The first-order valence-corrected chi connectivity index (χ1v) is 10.2. The van der Waals surface area contributed by atoms with Crippen molar-refractivity contribution < 1.29 is 19.1 Å². The highest BCUT2D eigenvalue weighted by atomic mass is 35.5. The minimum absolute atomic E-state index is 0. The zero-order valence-electron chi connectivity index (χ0n) is 16.3. The Morgan fingerprint density at radius 2 is 1.86 bits per heavy atom. The Labute approximate surface area is 175 Å². The van der Waals surface area contributed by atoms with E-state index in [-0.39, 0.29) is 48.4 Å². The number of imide groups is 1. The maximum atomic E-state index is 12.8. The van der Waals surface area contributed by atoms with Gasteiger partial charge in [-0.15, -0.1) is 12.4 Å². The van der Waals surface area contributed by atoms with Crippen molar-refractivity contribution in [2.24, 2.45) is 11.8 Å². The lowest BCUT2D eigenvalue weighted by atomic mass is 9.81. The van der Waals surface area contributed by atoms with Crippen LogP contribution in [0.25, 0.3) is 0 Å². The molecule has 1 aromatic rings. The van der Waals surface area contributed by atoms with Crippen LogP contribution in [0.3, 0.4) is 0 Å². The largest absolute Gasteiger partial charge is 0.373 e. The van der Waals surface area contributed by atoms with Gasteiger partial charge < -0.3 is 15.4 Å². The molecule has 4 heterocycles. The summed E-state index contributed by atoms with van der Waals surface area (Å²) in [6, 6.07) is 7.45. The van der Waals surface area contributed by atoms with Crippen molar-refractivity contribution in [2.45, 2.75) is 50.5 Å². The van der Waals surface area contributed by atoms with E-state index in [1.165, 1.54) is 16.0 Å². The maximum Gasteiger partial charge on any atom is 0.243 e. The minimum Gasteiger partial charge on any atom is -0.373 e. The summed E-state index contributed by atoms with van der Waals surface area (Å²) >= 11 is 0. The molecule has 7 nitrogen and oxygen atoms in total. The second kappa shape index (κ2) is 7.70. The van der Waals surface area contributed by atoms with Crippen molar-refractivity contribution in [2.75, 3.05) is 13.1 Å². The zero-order valence-corrected chi connectivity index (χ0v) is 17.1. The monoisotopic (exact) mass is 419 g/mol. The molecule has 6 atom stereocenters. The number of nitrogens with zero attached hydrogens (tertiary/aromatic N) is 1. The molecule has 29 heavy (non-hydrogen) atoms. The first kappa shape index (κ1) is 20.3. The van der Waals surface area contributed by atoms with Crippen molar-refractivity contribution in [3.05, 3.63) is 35.4 Å². The van der Waals surface area contributed by atoms with Crippen molar-refractivity contribution >= 4 is 30.1 Å². The average molecular weight is 420 g/mol. The van der Waals surface area contributed by atoms with E-state index in [1.807, 2.05) is 12.1 Å². The Hall–Kier alpha value is -1.96. The number of hydrogen-bond donors (Lipinski definition) is 2. The van der Waals surface area contributed by atoms with Crippen LogP contribution >= 0.6 is 12.4 Å². The molecule has 6 unspecified atom stereocenters. The number of likely N-dealkylation sites (tertiary alicyclic amines) is 1. The molecule has 0 saturated carbocycles. The maximum absolute atomic E-state index is 12.8. The van der Waals surface area contributed by atoms with Crippen LogP contribution in [-0.2, 0) is 25.5 Å². The molecule has 156 valence electrons. The van der Waals surface area contributed by atoms with E-state index >= 15 is 0 Å². The predicted octanol–water partition coefficient (Wildman–Crippen LogP) is 0.962. The molecule has 3 fully saturated rings. The molecule has 0 radical (unpaired) electrons. The van der Waals surface area contributed by atoms with Gasteiger partial charge in [0.1, 0.15) is 6.04 Å². The average Bonchev–Trinajstić information content (AvgIpc) is 3.39. The quantitative estimate of drug-likeness (QED) is 0.710. The highest BCUT2D eigenvalue weighted by molar-refractivity contribution is 6.09. The number of nitrogens with one attached hydrogen (secondary N) is 2. The first-order chi connectivity index (χ1) is 13.6. The van der Waals surface area contributed by atoms with Gasteiger partial charge >= 0.3 is 0 Å². The van der Waals surface area contributed by atoms with Gasteiger partial charge in [0.25, 0.3) is 0 Å². The fourth-order valence-corrected chi connectivity index (χ4v) is 5.36. The van der Waals surface area contributed by atoms with E-state index in [9.17, 15) is 14.4 Å². The molecule has 0 aromatic heterocycles. The third-order valence-electron chi connectivity index (χ3n) is 6.78. The van der Waals surface area contributed by atoms with Crippen LogP contribution in [0.4, 0.5) is 0 Å². The number of halogens is 1. The summed E-state index contributed by atoms with van der Waals surface area (Å²) in [5.74, 6) is -1.57. The van der Waals surface area contributed by atoms with Crippen molar-refractivity contribution in [3.63, 3.8) is 0 Å². The van der Waals surface area contributed by atoms with Crippen molar-refractivity contribution in [1.82, 2.24) is 15.5 Å². The number of carbonyl (C=O) groups is 3. The summed E-state index contributed by atoms with van der Waals surface area (Å²) in [5.41, 5.74) is 2.49. The third-order valence-corrected chi connectivity index (χ3v) is 6.78. The molecule has 4 aliphatic heterocycles. The van der Waals surface area contributed by atoms with Gasteiger partial charge in [0.15, 0.2) is 0 Å². The lowest BCUT2D eigenvalue weighted by Crippen LogP contribution is -2.50. The summed E-state index contributed by atoms with van der Waals surface area (Å²) in [4.78, 5) is 39.6. The standard InChI is InChI=1S/C21H25N3O4.ClH/c1-11(24-20(26)17-15-6-7-16(28-15)18(17)21(24)27)19(25)23-10-14-13-5-3-2-4-12(13)8-9-22-14;/h2-5,11,14-18,22H,6-10H2,1H3,(H,23,25);1H. The van der Waals surface area contributed by atoms with Gasteiger partial charge in [0, 0.05) is 12.6 Å². The summed E-state index contributed by atoms with van der Waals surface area (Å²) in [6.07, 6.45) is 2.31. The fourth-order valence-electron chi connectivity index (χ4n) is 5.36. The minimum atomic E-state index is -0.802. The van der Waals surface area contributed by atoms with Crippen LogP contribution in [0.1, 0.15) is 36.9 Å². The molecular weight excluding hydrogens is 394 g/mol. The topological polar surface area (TPSA) is 87.7 Å². The lowest BCUT2D eigenvalue weighted by molar-refractivity contribution is -0.149. The molecule has 3 saturated heterocycles. The molecule has 2 N–H and O–H groups in total. The van der Waals surface area contributed by atoms with Gasteiger partial charge in [-0.1, -0.05) is 24.3 Å². The van der Waals surface area contributed by atoms with Gasteiger partial charge in [0.2, 0.25) is 17.7 Å². The van der Waals surface area contributed by atoms with E-state index < -0.39 is 17.9 Å². The van der Waals surface area contributed by atoms with Crippen LogP contribution in [0.2, 0.25) is 0 Å². The summed E-state index contributed by atoms with van der Waals surface area (Å²) in [7, 11) is 0. The molecule has 0 spiro atoms. The summed E-state index contributed by atoms with van der Waals surface area (Å²) < 4.78 is 5.75. The summed E-state index contributed by atoms with van der Waals surface area (Å²) in [5, 5.41) is 6.37. The number of carbonyl (C=O) groups excluding carboxylic acids is 3. The van der Waals surface area contributed by atoms with Gasteiger partial charge in [-0.3, -0.25) is 19.3 Å². The Bertz CT molecular complexity index is 819. The van der Waals surface area contributed by atoms with E-state index in [4.69, 9.17) is 4.74 Å². The Kier molecular flexibility index (Phi) is 5.40. The third kappa shape index (κ3) is 3.16. The van der Waals surface area contributed by atoms with Crippen LogP contribution in [0, 0.1) is 11.8 Å². The number of ether oxygens (including phenoxy) is 1. The SMILES string of the molecule is CC(C(=O)NCC1NCCc2ccccc21)N1C(=O)C2C3CCC(O3)C2C1=O.Cl. The van der Waals surface area contributed by atoms with Gasteiger partial charge in [-0.05, 0) is 43.9 Å². The molecule has 4 aliphatic rings. The van der Waals surface area contributed by atoms with Crippen LogP contribution < -0.4 is 10.6 Å². The van der Waals surface area contributed by atoms with Crippen molar-refractivity contribution in [1.29, 1.82) is 0 Å². The molecule has 8 heteroatoms. The summed E-state index contributed by atoms with van der Waals surface area (Å²) in [6.45, 7) is 2.93. The van der Waals surface area contributed by atoms with Gasteiger partial charge in [-0.25, -0.2) is 0 Å². The molecular formula is C21H26ClN3O4. The second-order valence-electron chi connectivity index (χ2n) is 8.27. The number of rotatable bonds is 4. The van der Waals surface area contributed by atoms with E-state index in [1.54, 1.807) is 6.92 Å². The van der Waals surface area contributed by atoms with Gasteiger partial charge in [-0.2, -0.15) is 0 Å². The zero-order chi connectivity index (χ0) is 19.4. The van der Waals surface area contributed by atoms with Gasteiger partial charge in [0.05, 0.1) is 24.0 Å². The van der Waals surface area contributed by atoms with Crippen LogP contribution in [0.5, 0.6) is 0 Å². The second-order valence-corrected chi connectivity index (χ2v) is 8.27. The Morgan fingerprint density at radius 1 is 1.21 bits per heavy atom. The Balaban J connectivity index is 0.00000205. The number of amides is 3. The number of benzene rings is 1. The van der Waals surface area contributed by atoms with Crippen LogP contribution in [-0.4, -0.2) is 54.0 Å². The number of hydrogen-bond acceptors (Lipinski definition) is 5. The molecule has 1 aromatic carbocycles. The van der Waals surface area contributed by atoms with Crippen molar-refractivity contribution in [3.8, 4) is 0 Å². The number of fused-ring (bicyclic) bond motifs is 6. The van der Waals surface area contributed by atoms with E-state index in [0.717, 1.165) is 25.8 Å². The fraction of sp³-hybridized carbons (Fsp3) is 0.571. The molecule has 3 amide bonds. The molecule has 2 bridgehead atoms. The van der Waals surface area contributed by atoms with E-state index in [0.29, 0.717) is 6.54 Å². The Morgan fingerprint density at radius 3 is 2.55 bits per heavy atom. The van der Waals surface area contributed by atoms with Crippen LogP contribution in [0.15, 0.2) is 24.3 Å². The lowest BCUT2D eigenvalue weighted by Gasteiger charge is -2.29. The molecule has 0 aliphatic carbocycles. The highest BCUT2D eigenvalue weighted by Gasteiger charge is 2.63. The smallest absolute Gasteiger partial charge is 0.243 e. The normalized spacial score (nSPS) is 33.1. The predicted molar refractivity (Wildman–Crippen MR) is 107 cm³/mol. The first-order valence-electron chi connectivity index (χ1n) is 10.2. The highest BCUT2D eigenvalue weighted by Crippen LogP contribution is 2.48. The van der Waals surface area contributed by atoms with E-state index in [2.05, 4.69) is 22.8 Å². The molecule has 5 rings (SSSR count).